The van der Waals surface area contributed by atoms with Gasteiger partial charge in [-0.1, -0.05) is 35.5 Å². The fraction of sp³-hybridized carbons (Fsp3) is 0.273. The first-order valence-electron chi connectivity index (χ1n) is 9.88. The van der Waals surface area contributed by atoms with Gasteiger partial charge < -0.3 is 4.98 Å². The van der Waals surface area contributed by atoms with Gasteiger partial charge in [0.15, 0.2) is 11.0 Å². The van der Waals surface area contributed by atoms with E-state index in [0.717, 1.165) is 11.5 Å². The number of benzene rings is 2. The first kappa shape index (κ1) is 21.5. The number of thioether (sulfide) groups is 1. The van der Waals surface area contributed by atoms with Gasteiger partial charge >= 0.3 is 0 Å². The second-order valence-corrected chi connectivity index (χ2v) is 9.26. The Morgan fingerprint density at radius 2 is 1.77 bits per heavy atom. The van der Waals surface area contributed by atoms with Gasteiger partial charge in [0.1, 0.15) is 5.82 Å². The lowest BCUT2D eigenvalue weighted by Crippen LogP contribution is -2.20. The van der Waals surface area contributed by atoms with Gasteiger partial charge in [-0.3, -0.25) is 14.3 Å². The lowest BCUT2D eigenvalue weighted by molar-refractivity contribution is 0.305. The molecule has 4 rings (SSSR count). The number of nitrogens with zero attached hydrogens (tertiary/aromatic N) is 5. The summed E-state index contributed by atoms with van der Waals surface area (Å²) in [5.41, 5.74) is 1.46. The Labute approximate surface area is 189 Å². The molecule has 7 nitrogen and oxygen atoms in total. The van der Waals surface area contributed by atoms with E-state index in [2.05, 4.69) is 32.0 Å². The maximum Gasteiger partial charge on any atom is 0.258 e. The summed E-state index contributed by atoms with van der Waals surface area (Å²) in [7, 11) is 4.01. The van der Waals surface area contributed by atoms with E-state index in [1.165, 1.54) is 11.8 Å². The first-order chi connectivity index (χ1) is 14.8. The van der Waals surface area contributed by atoms with Gasteiger partial charge in [0.2, 0.25) is 0 Å². The third-order valence-corrected chi connectivity index (χ3v) is 6.49. The van der Waals surface area contributed by atoms with Gasteiger partial charge in [0, 0.05) is 10.7 Å². The van der Waals surface area contributed by atoms with Crippen LogP contribution in [-0.2, 0) is 0 Å². The Kier molecular flexibility index (Phi) is 6.13. The molecule has 1 N–H and O–H groups in total. The minimum Gasteiger partial charge on any atom is -0.309 e. The summed E-state index contributed by atoms with van der Waals surface area (Å²) >= 11 is 7.59. The van der Waals surface area contributed by atoms with Crippen LogP contribution in [0.15, 0.2) is 58.5 Å². The van der Waals surface area contributed by atoms with Crippen LogP contribution in [0.3, 0.4) is 0 Å². The molecule has 0 unspecified atom stereocenters. The highest BCUT2D eigenvalue weighted by Crippen LogP contribution is 2.35. The van der Waals surface area contributed by atoms with Crippen LogP contribution in [0.2, 0.25) is 5.02 Å². The highest BCUT2D eigenvalue weighted by molar-refractivity contribution is 7.99. The van der Waals surface area contributed by atoms with Crippen LogP contribution in [0.25, 0.3) is 16.6 Å². The third-order valence-electron chi connectivity index (χ3n) is 5.19. The molecule has 160 valence electrons. The summed E-state index contributed by atoms with van der Waals surface area (Å²) in [6.45, 7) is 4.07. The van der Waals surface area contributed by atoms with Crippen LogP contribution in [-0.4, -0.2) is 43.7 Å². The van der Waals surface area contributed by atoms with Gasteiger partial charge in [0.25, 0.3) is 5.56 Å². The summed E-state index contributed by atoms with van der Waals surface area (Å²) in [5.74, 6) is 1.42. The summed E-state index contributed by atoms with van der Waals surface area (Å²) in [6, 6.07) is 15.0. The molecule has 4 aromatic rings. The number of hydrogen-bond donors (Lipinski definition) is 1. The molecule has 0 saturated carbocycles. The van der Waals surface area contributed by atoms with Crippen molar-refractivity contribution in [3.63, 3.8) is 0 Å². The van der Waals surface area contributed by atoms with Crippen molar-refractivity contribution < 1.29 is 0 Å². The number of fused-ring (bicyclic) bond motifs is 1. The maximum atomic E-state index is 12.5. The van der Waals surface area contributed by atoms with E-state index in [4.69, 9.17) is 11.6 Å². The molecule has 9 heteroatoms. The minimum atomic E-state index is -0.144. The van der Waals surface area contributed by atoms with Crippen LogP contribution in [0, 0.1) is 0 Å². The lowest BCUT2D eigenvalue weighted by atomic mass is 10.2. The van der Waals surface area contributed by atoms with E-state index in [1.807, 2.05) is 68.1 Å². The average Bonchev–Trinajstić information content (AvgIpc) is 3.17. The fourth-order valence-corrected chi connectivity index (χ4v) is 4.26. The zero-order valence-electron chi connectivity index (χ0n) is 17.7. The van der Waals surface area contributed by atoms with Crippen LogP contribution in [0.5, 0.6) is 0 Å². The topological polar surface area (TPSA) is 79.7 Å². The molecule has 31 heavy (non-hydrogen) atoms. The highest BCUT2D eigenvalue weighted by Gasteiger charge is 2.23. The van der Waals surface area contributed by atoms with E-state index in [9.17, 15) is 4.79 Å². The molecule has 2 aromatic carbocycles. The smallest absolute Gasteiger partial charge is 0.258 e. The second-order valence-electron chi connectivity index (χ2n) is 7.52. The van der Waals surface area contributed by atoms with E-state index in [0.29, 0.717) is 26.9 Å². The van der Waals surface area contributed by atoms with E-state index >= 15 is 0 Å². The fourth-order valence-electron chi connectivity index (χ4n) is 3.20. The molecule has 0 bridgehead atoms. The molecule has 0 aliphatic carbocycles. The minimum absolute atomic E-state index is 0.0476. The Balaban J connectivity index is 1.74. The van der Waals surface area contributed by atoms with Crippen molar-refractivity contribution in [3.05, 3.63) is 75.6 Å². The van der Waals surface area contributed by atoms with Crippen molar-refractivity contribution in [2.45, 2.75) is 30.3 Å². The molecule has 2 heterocycles. The Morgan fingerprint density at radius 1 is 1.06 bits per heavy atom. The monoisotopic (exact) mass is 454 g/mol. The average molecular weight is 455 g/mol. The molecule has 2 atom stereocenters. The number of rotatable bonds is 6. The summed E-state index contributed by atoms with van der Waals surface area (Å²) < 4.78 is 2.03. The number of hydrogen-bond acceptors (Lipinski definition) is 6. The number of nitrogens with one attached hydrogen (secondary N) is 1. The quantitative estimate of drug-likeness (QED) is 0.428. The van der Waals surface area contributed by atoms with Crippen LogP contribution < -0.4 is 5.56 Å². The largest absolute Gasteiger partial charge is 0.309 e. The lowest BCUT2D eigenvalue weighted by Gasteiger charge is -2.21. The molecule has 0 amide bonds. The molecular weight excluding hydrogens is 432 g/mol. The van der Waals surface area contributed by atoms with Crippen LogP contribution >= 0.6 is 23.4 Å². The number of para-hydroxylation sites is 1. The molecule has 0 fully saturated rings. The normalized spacial score (nSPS) is 13.6. The highest BCUT2D eigenvalue weighted by atomic mass is 35.5. The van der Waals surface area contributed by atoms with E-state index in [-0.39, 0.29) is 16.9 Å². The number of aromatic amines is 1. The Morgan fingerprint density at radius 3 is 2.48 bits per heavy atom. The maximum absolute atomic E-state index is 12.5. The molecule has 0 radical (unpaired) electrons. The van der Waals surface area contributed by atoms with Crippen molar-refractivity contribution >= 4 is 34.3 Å². The number of halogens is 1. The van der Waals surface area contributed by atoms with Crippen LogP contribution in [0.1, 0.15) is 36.8 Å². The van der Waals surface area contributed by atoms with Gasteiger partial charge in [-0.05, 0) is 64.3 Å². The van der Waals surface area contributed by atoms with Gasteiger partial charge in [-0.25, -0.2) is 4.98 Å². The van der Waals surface area contributed by atoms with Crippen molar-refractivity contribution in [2.24, 2.45) is 0 Å². The Bertz CT molecular complexity index is 1270. The molecule has 0 saturated heterocycles. The van der Waals surface area contributed by atoms with Crippen molar-refractivity contribution in [1.82, 2.24) is 29.6 Å². The van der Waals surface area contributed by atoms with E-state index < -0.39 is 0 Å². The second kappa shape index (κ2) is 8.82. The predicted molar refractivity (Wildman–Crippen MR) is 125 cm³/mol. The summed E-state index contributed by atoms with van der Waals surface area (Å²) in [4.78, 5) is 22.1. The molecular formula is C22H23ClN6OS. The van der Waals surface area contributed by atoms with Gasteiger partial charge in [-0.2, -0.15) is 0 Å². The summed E-state index contributed by atoms with van der Waals surface area (Å²) in [6.07, 6.45) is 0. The Hall–Kier alpha value is -2.68. The summed E-state index contributed by atoms with van der Waals surface area (Å²) in [5, 5.41) is 10.8. The van der Waals surface area contributed by atoms with Crippen molar-refractivity contribution in [3.8, 4) is 5.69 Å². The predicted octanol–water partition coefficient (Wildman–Crippen LogP) is 4.63. The zero-order chi connectivity index (χ0) is 22.1. The van der Waals surface area contributed by atoms with Gasteiger partial charge in [0.05, 0.1) is 22.2 Å². The molecule has 0 aliphatic heterocycles. The van der Waals surface area contributed by atoms with Gasteiger partial charge in [-0.15, -0.1) is 10.2 Å². The van der Waals surface area contributed by atoms with E-state index in [1.54, 1.807) is 6.07 Å². The third kappa shape index (κ3) is 4.37. The zero-order valence-corrected chi connectivity index (χ0v) is 19.3. The molecule has 0 spiro atoms. The SMILES string of the molecule is C[C@H](Sc1nnc([C@H](C)N(C)C)n1-c1ccc(Cl)cc1)c1nc2ccccc2c(=O)[nH]1. The van der Waals surface area contributed by atoms with Crippen molar-refractivity contribution in [2.75, 3.05) is 14.1 Å². The number of aromatic nitrogens is 5. The molecule has 2 aromatic heterocycles. The van der Waals surface area contributed by atoms with Crippen LogP contribution in [0.4, 0.5) is 0 Å². The first-order valence-corrected chi connectivity index (χ1v) is 11.1. The van der Waals surface area contributed by atoms with Crippen molar-refractivity contribution in [1.29, 1.82) is 0 Å². The standard InChI is InChI=1S/C22H23ClN6OS/c1-13(28(3)4)20-26-27-22(29(20)16-11-9-15(23)10-12-16)31-14(2)19-24-18-8-6-5-7-17(18)21(30)25-19/h5-14H,1-4H3,(H,24,25,30)/t13-,14-/m0/s1. The molecule has 0 aliphatic rings. The number of H-pyrrole nitrogens is 1.